The molecule has 1 heterocycles. The number of rotatable bonds is 2. The second-order valence-electron chi connectivity index (χ2n) is 2.54. The average Bonchev–Trinajstić information content (AvgIpc) is 2.68. The van der Waals surface area contributed by atoms with Crippen LogP contribution in [0.2, 0.25) is 0 Å². The zero-order valence-electron chi connectivity index (χ0n) is 5.65. The van der Waals surface area contributed by atoms with Crippen LogP contribution < -0.4 is 0 Å². The topological polar surface area (TPSA) is 63.1 Å². The third-order valence-electron chi connectivity index (χ3n) is 1.56. The van der Waals surface area contributed by atoms with Crippen molar-refractivity contribution < 1.29 is 9.90 Å². The molecule has 1 N–H and O–H groups in total. The first-order valence-electron chi connectivity index (χ1n) is 3.34. The van der Waals surface area contributed by atoms with Crippen molar-refractivity contribution in [2.75, 3.05) is 0 Å². The van der Waals surface area contributed by atoms with Crippen molar-refractivity contribution in [2.24, 2.45) is 0 Å². The third-order valence-corrected chi connectivity index (χ3v) is 2.44. The van der Waals surface area contributed by atoms with Gasteiger partial charge in [0.15, 0.2) is 0 Å². The molecule has 1 fully saturated rings. The highest BCUT2D eigenvalue weighted by Gasteiger charge is 2.28. The summed E-state index contributed by atoms with van der Waals surface area (Å²) in [7, 11) is 0. The van der Waals surface area contributed by atoms with Gasteiger partial charge in [0.05, 0.1) is 0 Å². The average molecular weight is 170 g/mol. The lowest BCUT2D eigenvalue weighted by Crippen LogP contribution is -1.98. The van der Waals surface area contributed by atoms with Crippen molar-refractivity contribution in [3.8, 4) is 0 Å². The van der Waals surface area contributed by atoms with Gasteiger partial charge in [-0.15, -0.1) is 0 Å². The van der Waals surface area contributed by atoms with Crippen LogP contribution in [0.15, 0.2) is 0 Å². The Balaban J connectivity index is 2.25. The molecule has 0 atom stereocenters. The summed E-state index contributed by atoms with van der Waals surface area (Å²) in [5, 5.41) is 9.36. The van der Waals surface area contributed by atoms with Crippen molar-refractivity contribution in [3.05, 3.63) is 10.8 Å². The van der Waals surface area contributed by atoms with E-state index in [9.17, 15) is 4.79 Å². The van der Waals surface area contributed by atoms with E-state index in [0.717, 1.165) is 17.8 Å². The summed E-state index contributed by atoms with van der Waals surface area (Å²) >= 11 is 1.21. The zero-order chi connectivity index (χ0) is 7.84. The summed E-state index contributed by atoms with van der Waals surface area (Å²) in [6.07, 6.45) is 2.27. The molecule has 1 saturated carbocycles. The lowest BCUT2D eigenvalue weighted by molar-refractivity contribution is 0.0685. The van der Waals surface area contributed by atoms with Crippen molar-refractivity contribution in [2.45, 2.75) is 18.8 Å². The van der Waals surface area contributed by atoms with Crippen LogP contribution >= 0.6 is 11.5 Å². The molecule has 1 aromatic heterocycles. The molecular weight excluding hydrogens is 164 g/mol. The molecule has 0 unspecified atom stereocenters. The lowest BCUT2D eigenvalue weighted by Gasteiger charge is -1.81. The minimum atomic E-state index is -1.03. The maximum absolute atomic E-state index is 10.3. The van der Waals surface area contributed by atoms with Crippen molar-refractivity contribution in [1.29, 1.82) is 0 Å². The number of carbonyl (C=O) groups is 1. The number of aromatic carboxylic acids is 1. The van der Waals surface area contributed by atoms with Gasteiger partial charge >= 0.3 is 5.97 Å². The summed E-state index contributed by atoms with van der Waals surface area (Å²) < 4.78 is 3.71. The molecule has 5 heteroatoms. The molecule has 0 aliphatic heterocycles. The van der Waals surface area contributed by atoms with Crippen LogP contribution in [-0.4, -0.2) is 20.4 Å². The van der Waals surface area contributed by atoms with Gasteiger partial charge in [-0.25, -0.2) is 9.78 Å². The van der Waals surface area contributed by atoms with E-state index in [4.69, 9.17) is 5.11 Å². The van der Waals surface area contributed by atoms with E-state index in [0.29, 0.717) is 5.92 Å². The molecule has 1 aliphatic rings. The Kier molecular flexibility index (Phi) is 1.38. The largest absolute Gasteiger partial charge is 0.475 e. The first kappa shape index (κ1) is 6.72. The highest BCUT2D eigenvalue weighted by atomic mass is 32.1. The molecule has 0 radical (unpaired) electrons. The van der Waals surface area contributed by atoms with E-state index >= 15 is 0 Å². The predicted octanol–water partition coefficient (Wildman–Crippen LogP) is 1.11. The minimum Gasteiger partial charge on any atom is -0.475 e. The quantitative estimate of drug-likeness (QED) is 0.722. The molecule has 0 aromatic carbocycles. The number of carboxylic acids is 1. The van der Waals surface area contributed by atoms with Gasteiger partial charge in [0.1, 0.15) is 5.01 Å². The molecule has 0 spiro atoms. The predicted molar refractivity (Wildman–Crippen MR) is 38.8 cm³/mol. The first-order chi connectivity index (χ1) is 5.27. The molecule has 1 aliphatic carbocycles. The van der Waals surface area contributed by atoms with Crippen LogP contribution in [0.25, 0.3) is 0 Å². The summed E-state index contributed by atoms with van der Waals surface area (Å²) in [6.45, 7) is 0. The van der Waals surface area contributed by atoms with E-state index in [2.05, 4.69) is 9.36 Å². The van der Waals surface area contributed by atoms with Crippen LogP contribution in [0.5, 0.6) is 0 Å². The Hall–Kier alpha value is -0.970. The Morgan fingerprint density at radius 2 is 2.36 bits per heavy atom. The molecule has 0 bridgehead atoms. The number of nitrogens with zero attached hydrogens (tertiary/aromatic N) is 2. The number of aromatic nitrogens is 2. The number of hydrogen-bond acceptors (Lipinski definition) is 4. The van der Waals surface area contributed by atoms with Gasteiger partial charge < -0.3 is 5.11 Å². The Morgan fingerprint density at radius 3 is 2.82 bits per heavy atom. The molecule has 58 valence electrons. The smallest absolute Gasteiger partial charge is 0.374 e. The summed E-state index contributed by atoms with van der Waals surface area (Å²) in [6, 6.07) is 0. The van der Waals surface area contributed by atoms with Crippen LogP contribution in [0.1, 0.15) is 34.4 Å². The van der Waals surface area contributed by atoms with E-state index in [-0.39, 0.29) is 5.82 Å². The molecule has 11 heavy (non-hydrogen) atoms. The number of hydrogen-bond donors (Lipinski definition) is 1. The molecule has 0 saturated heterocycles. The SMILES string of the molecule is O=C(O)c1nsc(C2CC2)n1. The highest BCUT2D eigenvalue weighted by Crippen LogP contribution is 2.40. The van der Waals surface area contributed by atoms with E-state index < -0.39 is 5.97 Å². The van der Waals surface area contributed by atoms with Gasteiger partial charge in [0.25, 0.3) is 5.82 Å². The fraction of sp³-hybridized carbons (Fsp3) is 0.500. The van der Waals surface area contributed by atoms with Gasteiger partial charge in [0.2, 0.25) is 0 Å². The fourth-order valence-electron chi connectivity index (χ4n) is 0.818. The molecule has 4 nitrogen and oxygen atoms in total. The summed E-state index contributed by atoms with van der Waals surface area (Å²) in [4.78, 5) is 14.2. The van der Waals surface area contributed by atoms with Crippen LogP contribution in [0.3, 0.4) is 0 Å². The Bertz CT molecular complexity index is 293. The van der Waals surface area contributed by atoms with E-state index in [1.54, 1.807) is 0 Å². The molecule has 0 amide bonds. The van der Waals surface area contributed by atoms with Crippen LogP contribution in [0, 0.1) is 0 Å². The Morgan fingerprint density at radius 1 is 1.64 bits per heavy atom. The third kappa shape index (κ3) is 1.23. The highest BCUT2D eigenvalue weighted by molar-refractivity contribution is 7.05. The molecular formula is C6H6N2O2S. The zero-order valence-corrected chi connectivity index (χ0v) is 6.47. The second kappa shape index (κ2) is 2.27. The van der Waals surface area contributed by atoms with Gasteiger partial charge in [-0.05, 0) is 24.4 Å². The van der Waals surface area contributed by atoms with Crippen LogP contribution in [-0.2, 0) is 0 Å². The maximum atomic E-state index is 10.3. The molecule has 1 aromatic rings. The first-order valence-corrected chi connectivity index (χ1v) is 4.11. The fourth-order valence-corrected chi connectivity index (χ4v) is 1.63. The van der Waals surface area contributed by atoms with Gasteiger partial charge in [-0.3, -0.25) is 0 Å². The van der Waals surface area contributed by atoms with E-state index in [1.165, 1.54) is 11.5 Å². The van der Waals surface area contributed by atoms with Crippen molar-refractivity contribution >= 4 is 17.5 Å². The standard InChI is InChI=1S/C6H6N2O2S/c9-6(10)4-7-5(11-8-4)3-1-2-3/h3H,1-2H2,(H,9,10). The monoisotopic (exact) mass is 170 g/mol. The second-order valence-corrected chi connectivity index (χ2v) is 3.32. The Labute approximate surface area is 67.1 Å². The summed E-state index contributed by atoms with van der Waals surface area (Å²) in [5.41, 5.74) is 0. The van der Waals surface area contributed by atoms with Gasteiger partial charge in [0, 0.05) is 5.92 Å². The normalized spacial score (nSPS) is 16.7. The van der Waals surface area contributed by atoms with Crippen molar-refractivity contribution in [1.82, 2.24) is 9.36 Å². The number of carboxylic acid groups (broad SMARTS) is 1. The minimum absolute atomic E-state index is 0.0584. The van der Waals surface area contributed by atoms with E-state index in [1.807, 2.05) is 0 Å². The molecule has 2 rings (SSSR count). The van der Waals surface area contributed by atoms with Gasteiger partial charge in [-0.2, -0.15) is 4.37 Å². The maximum Gasteiger partial charge on any atom is 0.374 e. The van der Waals surface area contributed by atoms with Crippen LogP contribution in [0.4, 0.5) is 0 Å². The summed E-state index contributed by atoms with van der Waals surface area (Å²) in [5.74, 6) is -0.592. The van der Waals surface area contributed by atoms with Crippen molar-refractivity contribution in [3.63, 3.8) is 0 Å². The lowest BCUT2D eigenvalue weighted by atomic mass is 10.4. The van der Waals surface area contributed by atoms with Gasteiger partial charge in [-0.1, -0.05) is 0 Å².